The summed E-state index contributed by atoms with van der Waals surface area (Å²) in [5.74, 6) is 0.860. The first-order chi connectivity index (χ1) is 7.13. The van der Waals surface area contributed by atoms with Crippen LogP contribution in [0, 0.1) is 0 Å². The molecule has 0 atom stereocenters. The topological polar surface area (TPSA) is 21.3 Å². The average molecular weight is 270 g/mol. The summed E-state index contributed by atoms with van der Waals surface area (Å²) in [7, 11) is 1.67. The zero-order valence-electron chi connectivity index (χ0n) is 9.14. The van der Waals surface area contributed by atoms with E-state index in [1.165, 1.54) is 5.56 Å². The molecule has 0 aliphatic carbocycles. The average Bonchev–Trinajstić information content (AvgIpc) is 2.17. The Morgan fingerprint density at radius 2 is 2.27 bits per heavy atom. The summed E-state index contributed by atoms with van der Waals surface area (Å²) in [5, 5.41) is 3.30. The van der Waals surface area contributed by atoms with Crippen molar-refractivity contribution in [3.63, 3.8) is 0 Å². The minimum atomic E-state index is 0.843. The van der Waals surface area contributed by atoms with Crippen LogP contribution in [0.15, 0.2) is 34.8 Å². The van der Waals surface area contributed by atoms with E-state index in [0.717, 1.165) is 28.9 Å². The highest BCUT2D eigenvalue weighted by atomic mass is 79.9. The fourth-order valence-electron chi connectivity index (χ4n) is 1.24. The smallest absolute Gasteiger partial charge is 0.133 e. The fourth-order valence-corrected chi connectivity index (χ4v) is 1.83. The Labute approximate surface area is 99.5 Å². The molecular weight excluding hydrogens is 254 g/mol. The highest BCUT2D eigenvalue weighted by Crippen LogP contribution is 2.25. The molecule has 0 radical (unpaired) electrons. The van der Waals surface area contributed by atoms with Gasteiger partial charge in [-0.25, -0.2) is 0 Å². The second-order valence-electron chi connectivity index (χ2n) is 3.53. The van der Waals surface area contributed by atoms with Crippen LogP contribution in [0.3, 0.4) is 0 Å². The summed E-state index contributed by atoms with van der Waals surface area (Å²) in [6, 6.07) is 6.07. The van der Waals surface area contributed by atoms with Crippen LogP contribution in [0.4, 0.5) is 0 Å². The SMILES string of the molecule is C=C(C)CNCc1ccc(OC)c(Br)c1. The molecule has 1 aromatic rings. The molecule has 0 saturated heterocycles. The standard InChI is InChI=1S/C12H16BrNO/c1-9(2)7-14-8-10-4-5-12(15-3)11(13)6-10/h4-6,14H,1,7-8H2,2-3H3. The van der Waals surface area contributed by atoms with E-state index in [2.05, 4.69) is 40.0 Å². The molecule has 0 aliphatic rings. The third kappa shape index (κ3) is 4.06. The summed E-state index contributed by atoms with van der Waals surface area (Å²) in [6.45, 7) is 7.54. The van der Waals surface area contributed by atoms with Crippen LogP contribution in [0.5, 0.6) is 5.75 Å². The molecule has 82 valence electrons. The molecule has 0 spiro atoms. The molecule has 1 aromatic carbocycles. The van der Waals surface area contributed by atoms with Gasteiger partial charge in [-0.2, -0.15) is 0 Å². The maximum atomic E-state index is 5.16. The van der Waals surface area contributed by atoms with Gasteiger partial charge in [0.25, 0.3) is 0 Å². The van der Waals surface area contributed by atoms with Crippen LogP contribution in [-0.2, 0) is 6.54 Å². The minimum Gasteiger partial charge on any atom is -0.496 e. The van der Waals surface area contributed by atoms with E-state index in [1.54, 1.807) is 7.11 Å². The molecule has 0 saturated carbocycles. The predicted molar refractivity (Wildman–Crippen MR) is 67.2 cm³/mol. The van der Waals surface area contributed by atoms with Gasteiger partial charge in [0, 0.05) is 13.1 Å². The van der Waals surface area contributed by atoms with Gasteiger partial charge in [-0.3, -0.25) is 0 Å². The monoisotopic (exact) mass is 269 g/mol. The highest BCUT2D eigenvalue weighted by molar-refractivity contribution is 9.10. The van der Waals surface area contributed by atoms with Crippen LogP contribution in [-0.4, -0.2) is 13.7 Å². The number of benzene rings is 1. The van der Waals surface area contributed by atoms with E-state index in [0.29, 0.717) is 0 Å². The number of hydrogen-bond donors (Lipinski definition) is 1. The van der Waals surface area contributed by atoms with E-state index in [9.17, 15) is 0 Å². The van der Waals surface area contributed by atoms with Crippen molar-refractivity contribution in [3.05, 3.63) is 40.4 Å². The van der Waals surface area contributed by atoms with E-state index in [-0.39, 0.29) is 0 Å². The van der Waals surface area contributed by atoms with Gasteiger partial charge >= 0.3 is 0 Å². The molecule has 0 heterocycles. The molecule has 0 bridgehead atoms. The maximum absolute atomic E-state index is 5.16. The van der Waals surface area contributed by atoms with Crippen LogP contribution >= 0.6 is 15.9 Å². The van der Waals surface area contributed by atoms with Gasteiger partial charge < -0.3 is 10.1 Å². The van der Waals surface area contributed by atoms with Gasteiger partial charge in [0.1, 0.15) is 5.75 Å². The van der Waals surface area contributed by atoms with Crippen molar-refractivity contribution < 1.29 is 4.74 Å². The lowest BCUT2D eigenvalue weighted by molar-refractivity contribution is 0.412. The Bertz CT molecular complexity index is 349. The minimum absolute atomic E-state index is 0.843. The molecular formula is C12H16BrNO. The van der Waals surface area contributed by atoms with E-state index in [1.807, 2.05) is 13.0 Å². The van der Waals surface area contributed by atoms with Crippen molar-refractivity contribution in [2.75, 3.05) is 13.7 Å². The van der Waals surface area contributed by atoms with Gasteiger partial charge in [-0.1, -0.05) is 18.2 Å². The molecule has 0 fully saturated rings. The zero-order valence-corrected chi connectivity index (χ0v) is 10.7. The highest BCUT2D eigenvalue weighted by Gasteiger charge is 2.00. The van der Waals surface area contributed by atoms with Crippen molar-refractivity contribution in [2.45, 2.75) is 13.5 Å². The molecule has 1 N–H and O–H groups in total. The molecule has 0 aliphatic heterocycles. The zero-order chi connectivity index (χ0) is 11.3. The van der Waals surface area contributed by atoms with Crippen LogP contribution < -0.4 is 10.1 Å². The molecule has 0 amide bonds. The number of ether oxygens (including phenoxy) is 1. The Hall–Kier alpha value is -0.800. The van der Waals surface area contributed by atoms with Gasteiger partial charge in [0.15, 0.2) is 0 Å². The Balaban J connectivity index is 2.55. The van der Waals surface area contributed by atoms with Crippen LogP contribution in [0.25, 0.3) is 0 Å². The molecule has 2 nitrogen and oxygen atoms in total. The Morgan fingerprint density at radius 1 is 1.53 bits per heavy atom. The predicted octanol–water partition coefficient (Wildman–Crippen LogP) is 3.12. The van der Waals surface area contributed by atoms with Crippen molar-refractivity contribution >= 4 is 15.9 Å². The number of nitrogens with one attached hydrogen (secondary N) is 1. The second kappa shape index (κ2) is 5.93. The number of hydrogen-bond acceptors (Lipinski definition) is 2. The maximum Gasteiger partial charge on any atom is 0.133 e. The summed E-state index contributed by atoms with van der Waals surface area (Å²) < 4.78 is 6.15. The Morgan fingerprint density at radius 3 is 2.80 bits per heavy atom. The molecule has 1 rings (SSSR count). The number of rotatable bonds is 5. The third-order valence-electron chi connectivity index (χ3n) is 1.97. The van der Waals surface area contributed by atoms with Gasteiger partial charge in [0.05, 0.1) is 11.6 Å². The molecule has 3 heteroatoms. The first kappa shape index (κ1) is 12.3. The largest absolute Gasteiger partial charge is 0.496 e. The summed E-state index contributed by atoms with van der Waals surface area (Å²) in [5.41, 5.74) is 2.37. The molecule has 0 aromatic heterocycles. The fraction of sp³-hybridized carbons (Fsp3) is 0.333. The van der Waals surface area contributed by atoms with Gasteiger partial charge in [-0.05, 0) is 40.5 Å². The van der Waals surface area contributed by atoms with Crippen molar-refractivity contribution in [1.82, 2.24) is 5.32 Å². The summed E-state index contributed by atoms with van der Waals surface area (Å²) in [4.78, 5) is 0. The molecule has 15 heavy (non-hydrogen) atoms. The van der Waals surface area contributed by atoms with E-state index < -0.39 is 0 Å². The van der Waals surface area contributed by atoms with Crippen LogP contribution in [0.1, 0.15) is 12.5 Å². The number of methoxy groups -OCH3 is 1. The van der Waals surface area contributed by atoms with E-state index >= 15 is 0 Å². The lowest BCUT2D eigenvalue weighted by atomic mass is 10.2. The van der Waals surface area contributed by atoms with Crippen molar-refractivity contribution in [1.29, 1.82) is 0 Å². The van der Waals surface area contributed by atoms with Crippen LogP contribution in [0.2, 0.25) is 0 Å². The summed E-state index contributed by atoms with van der Waals surface area (Å²) in [6.07, 6.45) is 0. The number of halogens is 1. The quantitative estimate of drug-likeness (QED) is 0.830. The normalized spacial score (nSPS) is 10.1. The van der Waals surface area contributed by atoms with Gasteiger partial charge in [0.2, 0.25) is 0 Å². The van der Waals surface area contributed by atoms with E-state index in [4.69, 9.17) is 4.74 Å². The molecule has 0 unspecified atom stereocenters. The van der Waals surface area contributed by atoms with Crippen molar-refractivity contribution in [2.24, 2.45) is 0 Å². The third-order valence-corrected chi connectivity index (χ3v) is 2.59. The lowest BCUT2D eigenvalue weighted by Gasteiger charge is -2.07. The van der Waals surface area contributed by atoms with Crippen molar-refractivity contribution in [3.8, 4) is 5.75 Å². The Kier molecular flexibility index (Phi) is 4.85. The lowest BCUT2D eigenvalue weighted by Crippen LogP contribution is -2.15. The first-order valence-electron chi connectivity index (χ1n) is 4.81. The first-order valence-corrected chi connectivity index (χ1v) is 5.60. The summed E-state index contributed by atoms with van der Waals surface area (Å²) >= 11 is 3.46. The van der Waals surface area contributed by atoms with Gasteiger partial charge in [-0.15, -0.1) is 0 Å². The second-order valence-corrected chi connectivity index (χ2v) is 4.38.